The number of hydrogen-bond acceptors (Lipinski definition) is 7. The van der Waals surface area contributed by atoms with E-state index in [1.807, 2.05) is 0 Å². The minimum Gasteiger partial charge on any atom is -0.483 e. The quantitative estimate of drug-likeness (QED) is 0.0544. The van der Waals surface area contributed by atoms with Gasteiger partial charge in [0.25, 0.3) is 0 Å². The number of rotatable bonds is 32. The summed E-state index contributed by atoms with van der Waals surface area (Å²) in [7, 11) is 0. The van der Waals surface area contributed by atoms with Crippen molar-refractivity contribution in [2.45, 2.75) is 218 Å². The third-order valence-corrected chi connectivity index (χ3v) is 9.84. The number of unbranched alkanes of at least 4 members (excludes halogenated alkanes) is 24. The molecule has 0 bridgehead atoms. The van der Waals surface area contributed by atoms with Gasteiger partial charge in [-0.25, -0.2) is 0 Å². The smallest absolute Gasteiger partial charge is 0.162 e. The molecular weight excluding hydrogens is 601 g/mol. The van der Waals surface area contributed by atoms with Crippen LogP contribution in [0.15, 0.2) is 0 Å². The summed E-state index contributed by atoms with van der Waals surface area (Å²) in [4.78, 5) is 0. The first-order chi connectivity index (χ1) is 22.0. The molecule has 1 heterocycles. The Balaban J connectivity index is 2.15. The van der Waals surface area contributed by atoms with Gasteiger partial charge >= 0.3 is 0 Å². The lowest BCUT2D eigenvalue weighted by Gasteiger charge is -2.27. The molecular formula is C38H72O5S2. The predicted octanol–water partition coefficient (Wildman–Crippen LogP) is 11.1. The summed E-state index contributed by atoms with van der Waals surface area (Å²) in [6, 6.07) is 0. The Morgan fingerprint density at radius 3 is 1.29 bits per heavy atom. The number of hydrogen-bond donors (Lipinski definition) is 2. The Kier molecular flexibility index (Phi) is 29.4. The zero-order valence-electron chi connectivity index (χ0n) is 29.5. The van der Waals surface area contributed by atoms with Gasteiger partial charge < -0.3 is 24.4 Å². The van der Waals surface area contributed by atoms with Crippen LogP contribution in [0.1, 0.15) is 194 Å². The molecule has 0 aromatic carbocycles. The van der Waals surface area contributed by atoms with Crippen LogP contribution in [0.5, 0.6) is 0 Å². The molecule has 0 unspecified atom stereocenters. The van der Waals surface area contributed by atoms with Crippen LogP contribution in [0.4, 0.5) is 0 Å². The molecule has 0 amide bonds. The molecule has 1 aliphatic rings. The summed E-state index contributed by atoms with van der Waals surface area (Å²) in [6.07, 6.45) is 32.4. The Bertz CT molecular complexity index is 691. The minimum absolute atomic E-state index is 0.0840. The average Bonchev–Trinajstić information content (AvgIpc) is 3.37. The summed E-state index contributed by atoms with van der Waals surface area (Å²) in [5.74, 6) is 0. The maximum Gasteiger partial charge on any atom is 0.162 e. The third kappa shape index (κ3) is 24.5. The third-order valence-electron chi connectivity index (χ3n) is 9.22. The van der Waals surface area contributed by atoms with Gasteiger partial charge in [-0.3, -0.25) is 0 Å². The Morgan fingerprint density at radius 2 is 0.933 bits per heavy atom. The van der Waals surface area contributed by atoms with Gasteiger partial charge in [-0.1, -0.05) is 168 Å². The van der Waals surface area contributed by atoms with Gasteiger partial charge in [-0.2, -0.15) is 0 Å². The van der Waals surface area contributed by atoms with E-state index in [0.717, 1.165) is 25.7 Å². The van der Waals surface area contributed by atoms with Crippen molar-refractivity contribution >= 4 is 34.5 Å². The van der Waals surface area contributed by atoms with Gasteiger partial charge in [0.05, 0.1) is 6.61 Å². The maximum absolute atomic E-state index is 10.5. The number of aliphatic hydroxyl groups excluding tert-OH is 2. The summed E-state index contributed by atoms with van der Waals surface area (Å²) in [6.45, 7) is 4.80. The van der Waals surface area contributed by atoms with Crippen LogP contribution in [0.2, 0.25) is 0 Å². The molecule has 0 aromatic heterocycles. The highest BCUT2D eigenvalue weighted by molar-refractivity contribution is 7.80. The average molecular weight is 673 g/mol. The fourth-order valence-electron chi connectivity index (χ4n) is 6.20. The van der Waals surface area contributed by atoms with E-state index >= 15 is 0 Å². The van der Waals surface area contributed by atoms with Crippen LogP contribution >= 0.6 is 24.4 Å². The Labute approximate surface area is 289 Å². The van der Waals surface area contributed by atoms with E-state index in [1.54, 1.807) is 0 Å². The van der Waals surface area contributed by atoms with Gasteiger partial charge in [0.2, 0.25) is 0 Å². The molecule has 0 spiro atoms. The van der Waals surface area contributed by atoms with Crippen molar-refractivity contribution in [3.8, 4) is 0 Å². The van der Waals surface area contributed by atoms with Crippen molar-refractivity contribution in [2.75, 3.05) is 13.2 Å². The molecule has 1 fully saturated rings. The first-order valence-electron chi connectivity index (χ1n) is 19.3. The topological polar surface area (TPSA) is 68.2 Å². The molecule has 0 saturated carbocycles. The lowest BCUT2D eigenvalue weighted by atomic mass is 10.0. The van der Waals surface area contributed by atoms with E-state index in [4.69, 9.17) is 38.6 Å². The van der Waals surface area contributed by atoms with E-state index in [0.29, 0.717) is 16.5 Å². The van der Waals surface area contributed by atoms with Crippen LogP contribution in [0.25, 0.3) is 0 Å². The molecule has 5 nitrogen and oxygen atoms in total. The first-order valence-corrected chi connectivity index (χ1v) is 20.1. The molecule has 1 saturated heterocycles. The van der Waals surface area contributed by atoms with Crippen LogP contribution in [0, 0.1) is 0 Å². The molecule has 0 aromatic rings. The fourth-order valence-corrected chi connectivity index (χ4v) is 6.68. The highest BCUT2D eigenvalue weighted by Gasteiger charge is 2.41. The molecule has 0 radical (unpaired) electrons. The summed E-state index contributed by atoms with van der Waals surface area (Å²) in [5.41, 5.74) is 0. The molecule has 0 aliphatic carbocycles. The molecule has 4 atom stereocenters. The number of ether oxygens (including phenoxy) is 3. The van der Waals surface area contributed by atoms with E-state index < -0.39 is 24.4 Å². The molecule has 1 aliphatic heterocycles. The Hall–Kier alpha value is -0.340. The summed E-state index contributed by atoms with van der Waals surface area (Å²) in [5, 5.41) is 21.6. The lowest BCUT2D eigenvalue weighted by Crippen LogP contribution is -2.43. The van der Waals surface area contributed by atoms with E-state index in [1.165, 1.54) is 148 Å². The lowest BCUT2D eigenvalue weighted by molar-refractivity contribution is -0.0600. The molecule has 1 rings (SSSR count). The van der Waals surface area contributed by atoms with E-state index in [-0.39, 0.29) is 13.2 Å². The van der Waals surface area contributed by atoms with Crippen molar-refractivity contribution in [3.05, 3.63) is 0 Å². The number of thiocarbonyl (C=S) groups is 2. The SMILES string of the molecule is CCCCCCCCCCCCCCCC(=S)OC[C@@H](OC(=S)CCCCCCCCCCCCCCC)[C@H]1OC[C@H](O)[C@H]1O. The standard InChI is InChI=1S/C38H72O5S2/c1-3-5-7-9-11-13-15-17-19-21-23-25-27-29-35(44)41-32-34(38-37(40)33(39)31-42-38)43-36(45)30-28-26-24-22-20-18-16-14-12-10-8-6-4-2/h33-34,37-40H,3-32H2,1-2H3/t33-,34+,37+,38+/m0/s1. The van der Waals surface area contributed by atoms with Crippen LogP contribution < -0.4 is 0 Å². The summed E-state index contributed by atoms with van der Waals surface area (Å²) < 4.78 is 17.7. The first kappa shape index (κ1) is 42.7. The summed E-state index contributed by atoms with van der Waals surface area (Å²) >= 11 is 11.1. The van der Waals surface area contributed by atoms with Crippen LogP contribution in [0.3, 0.4) is 0 Å². The van der Waals surface area contributed by atoms with Crippen molar-refractivity contribution < 1.29 is 24.4 Å². The molecule has 266 valence electrons. The van der Waals surface area contributed by atoms with Crippen LogP contribution in [-0.4, -0.2) is 57.9 Å². The van der Waals surface area contributed by atoms with E-state index in [9.17, 15) is 10.2 Å². The Morgan fingerprint density at radius 1 is 0.578 bits per heavy atom. The molecule has 7 heteroatoms. The van der Waals surface area contributed by atoms with E-state index in [2.05, 4.69) is 13.8 Å². The van der Waals surface area contributed by atoms with Gasteiger partial charge in [0.15, 0.2) is 16.2 Å². The monoisotopic (exact) mass is 672 g/mol. The highest BCUT2D eigenvalue weighted by atomic mass is 32.1. The molecule has 45 heavy (non-hydrogen) atoms. The predicted molar refractivity (Wildman–Crippen MR) is 198 cm³/mol. The van der Waals surface area contributed by atoms with Gasteiger partial charge in [0.1, 0.15) is 24.9 Å². The minimum atomic E-state index is -1.02. The van der Waals surface area contributed by atoms with Crippen molar-refractivity contribution in [2.24, 2.45) is 0 Å². The van der Waals surface area contributed by atoms with Gasteiger partial charge in [-0.15, -0.1) is 0 Å². The van der Waals surface area contributed by atoms with Crippen molar-refractivity contribution in [3.63, 3.8) is 0 Å². The molecule has 2 N–H and O–H groups in total. The largest absolute Gasteiger partial charge is 0.483 e. The normalized spacial score (nSPS) is 18.7. The fraction of sp³-hybridized carbons (Fsp3) is 0.947. The van der Waals surface area contributed by atoms with Crippen molar-refractivity contribution in [1.82, 2.24) is 0 Å². The zero-order valence-corrected chi connectivity index (χ0v) is 31.1. The number of aliphatic hydroxyl groups is 2. The van der Waals surface area contributed by atoms with Crippen LogP contribution in [-0.2, 0) is 14.2 Å². The van der Waals surface area contributed by atoms with Gasteiger partial charge in [-0.05, 0) is 37.3 Å². The van der Waals surface area contributed by atoms with Gasteiger partial charge in [0, 0.05) is 12.8 Å². The second-order valence-electron chi connectivity index (χ2n) is 13.6. The highest BCUT2D eigenvalue weighted by Crippen LogP contribution is 2.22. The second-order valence-corrected chi connectivity index (χ2v) is 14.5. The van der Waals surface area contributed by atoms with Crippen molar-refractivity contribution in [1.29, 1.82) is 0 Å². The second kappa shape index (κ2) is 31.0. The maximum atomic E-state index is 10.5. The zero-order chi connectivity index (χ0) is 32.8.